The van der Waals surface area contributed by atoms with Crippen LogP contribution in [0.4, 0.5) is 18.9 Å². The Morgan fingerprint density at radius 3 is 2.78 bits per heavy atom. The van der Waals surface area contributed by atoms with E-state index in [4.69, 9.17) is 16.3 Å². The molecule has 0 saturated carbocycles. The molecule has 0 saturated heterocycles. The molecule has 124 valence electrons. The van der Waals surface area contributed by atoms with Gasteiger partial charge in [-0.05, 0) is 18.6 Å². The predicted molar refractivity (Wildman–Crippen MR) is 82.3 cm³/mol. The molecule has 0 aliphatic rings. The van der Waals surface area contributed by atoms with Crippen LogP contribution < -0.4 is 0 Å². The van der Waals surface area contributed by atoms with Crippen LogP contribution in [-0.4, -0.2) is 28.6 Å². The Hall–Kier alpha value is -1.86. The van der Waals surface area contributed by atoms with Crippen molar-refractivity contribution in [3.63, 3.8) is 0 Å². The first-order valence-corrected chi connectivity index (χ1v) is 7.30. The molecule has 4 nitrogen and oxygen atoms in total. The molecule has 1 heterocycles. The van der Waals surface area contributed by atoms with Crippen molar-refractivity contribution >= 4 is 23.1 Å². The van der Waals surface area contributed by atoms with Gasteiger partial charge in [-0.3, -0.25) is 4.57 Å². The number of aliphatic imine (C=N–C) groups is 1. The van der Waals surface area contributed by atoms with E-state index in [1.54, 1.807) is 6.20 Å². The van der Waals surface area contributed by atoms with Crippen molar-refractivity contribution in [2.45, 2.75) is 19.5 Å². The summed E-state index contributed by atoms with van der Waals surface area (Å²) in [4.78, 5) is 7.99. The molecule has 0 fully saturated rings. The summed E-state index contributed by atoms with van der Waals surface area (Å²) in [5.74, 6) is 0.295. The highest BCUT2D eigenvalue weighted by Gasteiger charge is 2.36. The summed E-state index contributed by atoms with van der Waals surface area (Å²) in [7, 11) is 0. The summed E-state index contributed by atoms with van der Waals surface area (Å²) in [6, 6.07) is 3.88. The van der Waals surface area contributed by atoms with Gasteiger partial charge in [-0.1, -0.05) is 24.6 Å². The fraction of sp³-hybridized carbons (Fsp3) is 0.333. The molecule has 0 unspecified atom stereocenters. The minimum absolute atomic E-state index is 0.0635. The van der Waals surface area contributed by atoms with Crippen molar-refractivity contribution in [3.8, 4) is 0 Å². The summed E-state index contributed by atoms with van der Waals surface area (Å²) in [6.07, 6.45) is 0.750. The average molecular weight is 346 g/mol. The lowest BCUT2D eigenvalue weighted by atomic mass is 10.1. The number of aromatic nitrogens is 2. The van der Waals surface area contributed by atoms with Gasteiger partial charge in [-0.25, -0.2) is 9.98 Å². The number of benzene rings is 1. The monoisotopic (exact) mass is 345 g/mol. The summed E-state index contributed by atoms with van der Waals surface area (Å²) in [6.45, 7) is 2.48. The number of hydrogen-bond donors (Lipinski definition) is 0. The van der Waals surface area contributed by atoms with Gasteiger partial charge in [0.05, 0.1) is 16.3 Å². The van der Waals surface area contributed by atoms with Gasteiger partial charge in [0.1, 0.15) is 18.8 Å². The van der Waals surface area contributed by atoms with Gasteiger partial charge in [0, 0.05) is 19.0 Å². The largest absolute Gasteiger partial charge is 0.419 e. The maximum atomic E-state index is 13.2. The van der Waals surface area contributed by atoms with E-state index in [2.05, 4.69) is 9.98 Å². The van der Waals surface area contributed by atoms with E-state index in [0.717, 1.165) is 6.42 Å². The number of rotatable bonds is 5. The van der Waals surface area contributed by atoms with Crippen LogP contribution in [-0.2, 0) is 10.9 Å². The molecular formula is C15H15ClF3N3O. The van der Waals surface area contributed by atoms with E-state index in [0.29, 0.717) is 12.4 Å². The molecule has 2 rings (SSSR count). The number of halogens is 4. The van der Waals surface area contributed by atoms with Crippen molar-refractivity contribution in [1.29, 1.82) is 0 Å². The molecule has 23 heavy (non-hydrogen) atoms. The Balaban J connectivity index is 2.45. The minimum Gasteiger partial charge on any atom is -0.374 e. The van der Waals surface area contributed by atoms with Crippen molar-refractivity contribution in [1.82, 2.24) is 9.55 Å². The van der Waals surface area contributed by atoms with Gasteiger partial charge in [-0.15, -0.1) is 0 Å². The van der Waals surface area contributed by atoms with Crippen LogP contribution in [0.15, 0.2) is 41.9 Å². The second-order valence-electron chi connectivity index (χ2n) is 4.68. The maximum Gasteiger partial charge on any atom is 0.419 e. The van der Waals surface area contributed by atoms with Gasteiger partial charge in [0.15, 0.2) is 0 Å². The van der Waals surface area contributed by atoms with E-state index in [-0.39, 0.29) is 12.3 Å². The molecule has 0 aliphatic heterocycles. The van der Waals surface area contributed by atoms with Gasteiger partial charge in [0.2, 0.25) is 0 Å². The zero-order chi connectivity index (χ0) is 16.9. The zero-order valence-corrected chi connectivity index (χ0v) is 13.1. The van der Waals surface area contributed by atoms with Crippen LogP contribution in [0, 0.1) is 0 Å². The number of ether oxygens (including phenoxy) is 1. The Kier molecular flexibility index (Phi) is 5.79. The second-order valence-corrected chi connectivity index (χ2v) is 5.09. The highest BCUT2D eigenvalue weighted by Crippen LogP contribution is 2.41. The molecule has 0 aliphatic carbocycles. The lowest BCUT2D eigenvalue weighted by molar-refractivity contribution is -0.136. The molecule has 0 radical (unpaired) electrons. The lowest BCUT2D eigenvalue weighted by Crippen LogP contribution is -2.18. The molecular weight excluding hydrogens is 331 g/mol. The molecule has 0 atom stereocenters. The van der Waals surface area contributed by atoms with Crippen molar-refractivity contribution in [2.24, 2.45) is 4.99 Å². The Bertz CT molecular complexity index is 669. The lowest BCUT2D eigenvalue weighted by Gasteiger charge is -2.14. The number of imidazole rings is 1. The van der Waals surface area contributed by atoms with Gasteiger partial charge in [-0.2, -0.15) is 13.2 Å². The second kappa shape index (κ2) is 7.61. The molecule has 1 aromatic heterocycles. The summed E-state index contributed by atoms with van der Waals surface area (Å²) >= 11 is 5.71. The quantitative estimate of drug-likeness (QED) is 0.452. The van der Waals surface area contributed by atoms with Crippen molar-refractivity contribution < 1.29 is 17.9 Å². The number of alkyl halides is 3. The van der Waals surface area contributed by atoms with Gasteiger partial charge >= 0.3 is 6.18 Å². The Labute approximate surface area is 136 Å². The smallest absolute Gasteiger partial charge is 0.374 e. The Morgan fingerprint density at radius 2 is 2.17 bits per heavy atom. The summed E-state index contributed by atoms with van der Waals surface area (Å²) in [5, 5.41) is -0.391. The van der Waals surface area contributed by atoms with Crippen LogP contribution in [0.2, 0.25) is 5.02 Å². The van der Waals surface area contributed by atoms with Gasteiger partial charge < -0.3 is 4.74 Å². The molecule has 0 amide bonds. The predicted octanol–water partition coefficient (Wildman–Crippen LogP) is 4.56. The first kappa shape index (κ1) is 17.5. The fourth-order valence-electron chi connectivity index (χ4n) is 1.91. The standard InChI is InChI=1S/C15H15ClF3N3O/c1-2-8-23-9-13(22-7-6-20-10-22)21-12-5-3-4-11(16)14(12)15(17,18)19/h3-7,10H,2,8-9H2,1H3. The summed E-state index contributed by atoms with van der Waals surface area (Å²) in [5.41, 5.74) is -1.22. The third-order valence-electron chi connectivity index (χ3n) is 2.91. The summed E-state index contributed by atoms with van der Waals surface area (Å²) < 4.78 is 46.5. The molecule has 2 aromatic rings. The zero-order valence-electron chi connectivity index (χ0n) is 12.3. The molecule has 1 aromatic carbocycles. The molecule has 0 N–H and O–H groups in total. The minimum atomic E-state index is -4.60. The fourth-order valence-corrected chi connectivity index (χ4v) is 2.19. The van der Waals surface area contributed by atoms with Crippen LogP contribution in [0.3, 0.4) is 0 Å². The van der Waals surface area contributed by atoms with Crippen molar-refractivity contribution in [3.05, 3.63) is 47.5 Å². The number of nitrogens with zero attached hydrogens (tertiary/aromatic N) is 3. The first-order valence-electron chi connectivity index (χ1n) is 6.92. The third-order valence-corrected chi connectivity index (χ3v) is 3.22. The van der Waals surface area contributed by atoms with E-state index in [9.17, 15) is 13.2 Å². The van der Waals surface area contributed by atoms with E-state index < -0.39 is 16.8 Å². The van der Waals surface area contributed by atoms with Crippen molar-refractivity contribution in [2.75, 3.05) is 13.2 Å². The van der Waals surface area contributed by atoms with Crippen LogP contribution in [0.25, 0.3) is 0 Å². The third kappa shape index (κ3) is 4.56. The van der Waals surface area contributed by atoms with Gasteiger partial charge in [0.25, 0.3) is 0 Å². The molecule has 0 bridgehead atoms. The van der Waals surface area contributed by atoms with E-state index in [1.165, 1.54) is 35.3 Å². The van der Waals surface area contributed by atoms with Crippen LogP contribution in [0.5, 0.6) is 0 Å². The highest BCUT2D eigenvalue weighted by atomic mass is 35.5. The number of hydrogen-bond acceptors (Lipinski definition) is 3. The average Bonchev–Trinajstić information content (AvgIpc) is 2.99. The van der Waals surface area contributed by atoms with E-state index in [1.807, 2.05) is 6.92 Å². The van der Waals surface area contributed by atoms with Crippen LogP contribution >= 0.6 is 11.6 Å². The normalized spacial score (nSPS) is 12.7. The highest BCUT2D eigenvalue weighted by molar-refractivity contribution is 6.31. The maximum absolute atomic E-state index is 13.2. The SMILES string of the molecule is CCCOCC(=Nc1cccc(Cl)c1C(F)(F)F)n1ccnc1. The molecule has 8 heteroatoms. The topological polar surface area (TPSA) is 39.4 Å². The van der Waals surface area contributed by atoms with E-state index >= 15 is 0 Å². The van der Waals surface area contributed by atoms with Crippen LogP contribution in [0.1, 0.15) is 18.9 Å². The first-order chi connectivity index (χ1) is 10.9. The Morgan fingerprint density at radius 1 is 1.39 bits per heavy atom. The molecule has 0 spiro atoms.